The molecule has 1 aromatic rings. The van der Waals surface area contributed by atoms with Crippen LogP contribution in [-0.2, 0) is 11.2 Å². The van der Waals surface area contributed by atoms with Crippen LogP contribution in [0.1, 0.15) is 30.4 Å². The molecule has 1 fully saturated rings. The molecule has 0 spiro atoms. The van der Waals surface area contributed by atoms with E-state index in [2.05, 4.69) is 0 Å². The summed E-state index contributed by atoms with van der Waals surface area (Å²) in [6, 6.07) is 8.43. The van der Waals surface area contributed by atoms with Crippen molar-refractivity contribution in [2.45, 2.75) is 38.6 Å². The predicted octanol–water partition coefficient (Wildman–Crippen LogP) is 1.91. The largest absolute Gasteiger partial charge is 0.395 e. The minimum atomic E-state index is 0.0517. The van der Waals surface area contributed by atoms with Crippen molar-refractivity contribution >= 4 is 5.91 Å². The Balaban J connectivity index is 1.97. The van der Waals surface area contributed by atoms with E-state index in [1.54, 1.807) is 0 Å². The van der Waals surface area contributed by atoms with Crippen LogP contribution in [0.15, 0.2) is 24.3 Å². The number of hydrogen-bond acceptors (Lipinski definition) is 2. The molecule has 0 saturated heterocycles. The molecule has 0 aromatic heterocycles. The molecule has 2 rings (SSSR count). The Labute approximate surface area is 108 Å². The first-order chi connectivity index (χ1) is 8.70. The highest BCUT2D eigenvalue weighted by molar-refractivity contribution is 5.79. The van der Waals surface area contributed by atoms with Crippen molar-refractivity contribution in [3.8, 4) is 0 Å². The molecule has 98 valence electrons. The van der Waals surface area contributed by atoms with Crippen molar-refractivity contribution in [2.24, 2.45) is 0 Å². The second-order valence-electron chi connectivity index (χ2n) is 5.06. The number of carbonyl (C=O) groups is 1. The number of hydrogen-bond donors (Lipinski definition) is 1. The third-order valence-corrected chi connectivity index (χ3v) is 3.65. The quantitative estimate of drug-likeness (QED) is 0.863. The van der Waals surface area contributed by atoms with E-state index in [0.29, 0.717) is 19.0 Å². The van der Waals surface area contributed by atoms with Gasteiger partial charge in [0, 0.05) is 12.6 Å². The van der Waals surface area contributed by atoms with E-state index in [0.717, 1.165) is 18.4 Å². The van der Waals surface area contributed by atoms with Gasteiger partial charge < -0.3 is 10.0 Å². The van der Waals surface area contributed by atoms with Gasteiger partial charge in [0.15, 0.2) is 0 Å². The van der Waals surface area contributed by atoms with E-state index < -0.39 is 0 Å². The lowest BCUT2D eigenvalue weighted by Crippen LogP contribution is -2.46. The van der Waals surface area contributed by atoms with Crippen LogP contribution < -0.4 is 0 Å². The molecule has 18 heavy (non-hydrogen) atoms. The highest BCUT2D eigenvalue weighted by Crippen LogP contribution is 2.25. The Morgan fingerprint density at radius 3 is 2.50 bits per heavy atom. The van der Waals surface area contributed by atoms with Gasteiger partial charge in [-0.15, -0.1) is 0 Å². The standard InChI is InChI=1S/C15H21NO2/c1-12-5-7-13(8-6-12)11-15(18)16(9-10-17)14-3-2-4-14/h5-8,14,17H,2-4,9-11H2,1H3. The van der Waals surface area contributed by atoms with Crippen LogP contribution >= 0.6 is 0 Å². The first kappa shape index (κ1) is 13.1. The maximum absolute atomic E-state index is 12.2. The minimum absolute atomic E-state index is 0.0517. The zero-order valence-corrected chi connectivity index (χ0v) is 10.9. The Kier molecular flexibility index (Phi) is 4.37. The molecule has 1 N–H and O–H groups in total. The van der Waals surface area contributed by atoms with Gasteiger partial charge in [-0.05, 0) is 31.7 Å². The molecule has 1 aliphatic rings. The molecule has 0 unspecified atom stereocenters. The summed E-state index contributed by atoms with van der Waals surface area (Å²) < 4.78 is 0. The third kappa shape index (κ3) is 3.10. The Morgan fingerprint density at radius 1 is 1.33 bits per heavy atom. The van der Waals surface area contributed by atoms with Crippen molar-refractivity contribution in [3.63, 3.8) is 0 Å². The summed E-state index contributed by atoms with van der Waals surface area (Å²) in [5.41, 5.74) is 2.25. The Hall–Kier alpha value is -1.35. The molecule has 1 saturated carbocycles. The first-order valence-electron chi connectivity index (χ1n) is 6.66. The number of rotatable bonds is 5. The SMILES string of the molecule is Cc1ccc(CC(=O)N(CCO)C2CCC2)cc1. The molecule has 3 heteroatoms. The maximum atomic E-state index is 12.2. The summed E-state index contributed by atoms with van der Waals surface area (Å²) in [7, 11) is 0. The van der Waals surface area contributed by atoms with Crippen LogP contribution in [0.25, 0.3) is 0 Å². The third-order valence-electron chi connectivity index (χ3n) is 3.65. The van der Waals surface area contributed by atoms with E-state index >= 15 is 0 Å². The summed E-state index contributed by atoms with van der Waals surface area (Å²) in [4.78, 5) is 14.1. The number of aliphatic hydroxyl groups is 1. The topological polar surface area (TPSA) is 40.5 Å². The number of nitrogens with zero attached hydrogens (tertiary/aromatic N) is 1. The van der Waals surface area contributed by atoms with E-state index in [9.17, 15) is 4.79 Å². The number of aryl methyl sites for hydroxylation is 1. The van der Waals surface area contributed by atoms with Crippen molar-refractivity contribution in [3.05, 3.63) is 35.4 Å². The lowest BCUT2D eigenvalue weighted by atomic mass is 9.91. The summed E-state index contributed by atoms with van der Waals surface area (Å²) >= 11 is 0. The van der Waals surface area contributed by atoms with Gasteiger partial charge >= 0.3 is 0 Å². The van der Waals surface area contributed by atoms with Gasteiger partial charge in [0.25, 0.3) is 0 Å². The van der Waals surface area contributed by atoms with Crippen molar-refractivity contribution in [1.29, 1.82) is 0 Å². The van der Waals surface area contributed by atoms with Crippen LogP contribution in [0, 0.1) is 6.92 Å². The van der Waals surface area contributed by atoms with Gasteiger partial charge in [-0.1, -0.05) is 29.8 Å². The fourth-order valence-corrected chi connectivity index (χ4v) is 2.30. The second-order valence-corrected chi connectivity index (χ2v) is 5.06. The summed E-state index contributed by atoms with van der Waals surface area (Å²) in [5, 5.41) is 9.06. The fraction of sp³-hybridized carbons (Fsp3) is 0.533. The number of benzene rings is 1. The summed E-state index contributed by atoms with van der Waals surface area (Å²) in [6.07, 6.45) is 3.81. The summed E-state index contributed by atoms with van der Waals surface area (Å²) in [6.45, 7) is 2.56. The van der Waals surface area contributed by atoms with Gasteiger partial charge in [0.05, 0.1) is 13.0 Å². The van der Waals surface area contributed by atoms with Crippen LogP contribution in [0.3, 0.4) is 0 Å². The van der Waals surface area contributed by atoms with E-state index in [4.69, 9.17) is 5.11 Å². The molecule has 3 nitrogen and oxygen atoms in total. The van der Waals surface area contributed by atoms with E-state index in [1.807, 2.05) is 36.1 Å². The predicted molar refractivity (Wildman–Crippen MR) is 71.3 cm³/mol. The van der Waals surface area contributed by atoms with Gasteiger partial charge in [-0.3, -0.25) is 4.79 Å². The fourth-order valence-electron chi connectivity index (χ4n) is 2.30. The average Bonchev–Trinajstić information content (AvgIpc) is 2.29. The molecule has 0 heterocycles. The zero-order chi connectivity index (χ0) is 13.0. The smallest absolute Gasteiger partial charge is 0.227 e. The minimum Gasteiger partial charge on any atom is -0.395 e. The van der Waals surface area contributed by atoms with Crippen molar-refractivity contribution in [1.82, 2.24) is 4.90 Å². The molecule has 0 aliphatic heterocycles. The van der Waals surface area contributed by atoms with E-state index in [1.165, 1.54) is 12.0 Å². The van der Waals surface area contributed by atoms with Gasteiger partial charge in [0.2, 0.25) is 5.91 Å². The van der Waals surface area contributed by atoms with Crippen molar-refractivity contribution in [2.75, 3.05) is 13.2 Å². The van der Waals surface area contributed by atoms with E-state index in [-0.39, 0.29) is 12.5 Å². The molecular weight excluding hydrogens is 226 g/mol. The van der Waals surface area contributed by atoms with Crippen LogP contribution in [0.2, 0.25) is 0 Å². The maximum Gasteiger partial charge on any atom is 0.227 e. The molecule has 1 amide bonds. The number of aliphatic hydroxyl groups excluding tert-OH is 1. The molecule has 1 aromatic carbocycles. The Bertz CT molecular complexity index is 395. The number of carbonyl (C=O) groups excluding carboxylic acids is 1. The van der Waals surface area contributed by atoms with Crippen LogP contribution in [-0.4, -0.2) is 35.1 Å². The lowest BCUT2D eigenvalue weighted by molar-refractivity contribution is -0.135. The lowest BCUT2D eigenvalue weighted by Gasteiger charge is -2.37. The Morgan fingerprint density at radius 2 is 2.00 bits per heavy atom. The summed E-state index contributed by atoms with van der Waals surface area (Å²) in [5.74, 6) is 0.137. The average molecular weight is 247 g/mol. The molecule has 1 aliphatic carbocycles. The zero-order valence-electron chi connectivity index (χ0n) is 10.9. The van der Waals surface area contributed by atoms with Crippen LogP contribution in [0.4, 0.5) is 0 Å². The normalized spacial score (nSPS) is 15.2. The van der Waals surface area contributed by atoms with Crippen LogP contribution in [0.5, 0.6) is 0 Å². The number of amides is 1. The first-order valence-corrected chi connectivity index (χ1v) is 6.66. The second kappa shape index (κ2) is 6.01. The molecule has 0 bridgehead atoms. The van der Waals surface area contributed by atoms with Gasteiger partial charge in [-0.25, -0.2) is 0 Å². The molecular formula is C15H21NO2. The molecule has 0 radical (unpaired) electrons. The van der Waals surface area contributed by atoms with Crippen molar-refractivity contribution < 1.29 is 9.90 Å². The highest BCUT2D eigenvalue weighted by atomic mass is 16.3. The van der Waals surface area contributed by atoms with Gasteiger partial charge in [0.1, 0.15) is 0 Å². The monoisotopic (exact) mass is 247 g/mol. The molecule has 0 atom stereocenters. The van der Waals surface area contributed by atoms with Gasteiger partial charge in [-0.2, -0.15) is 0 Å². The highest BCUT2D eigenvalue weighted by Gasteiger charge is 2.27.